The summed E-state index contributed by atoms with van der Waals surface area (Å²) in [5.74, 6) is -0.685. The van der Waals surface area contributed by atoms with E-state index in [1.807, 2.05) is 12.2 Å². The van der Waals surface area contributed by atoms with E-state index in [1.165, 1.54) is 44.9 Å². The van der Waals surface area contributed by atoms with Crippen LogP contribution in [0.2, 0.25) is 0 Å². The Kier molecular flexibility index (Phi) is 30.1. The van der Waals surface area contributed by atoms with E-state index in [1.54, 1.807) is 0 Å². The molecule has 0 amide bonds. The predicted octanol–water partition coefficient (Wildman–Crippen LogP) is 8.86. The van der Waals surface area contributed by atoms with Crippen molar-refractivity contribution in [1.29, 1.82) is 0 Å². The molecular formula is C36H62O6. The highest BCUT2D eigenvalue weighted by atomic mass is 16.6. The Morgan fingerprint density at radius 1 is 0.643 bits per heavy atom. The first-order valence-electron chi connectivity index (χ1n) is 16.8. The standard InChI is InChI=1S/C36H62O6/c1-3-5-7-8-9-10-16-19-22-25-29-35(39)41-32-34(31-37)42-36(40)30-26-23-20-17-14-12-11-13-15-18-21-24-28-33(38)27-6-4-2/h11-12,15,17-18,20,24,28,33-34,37-38H,3-10,13-14,16,19,21-23,25-27,29-32H2,1-2H3/b12-11-,18-15-,20-17-,28-24-/t33-,34+/m1/s1. The molecule has 0 saturated carbocycles. The molecule has 0 heterocycles. The molecule has 6 heteroatoms. The first-order chi connectivity index (χ1) is 20.5. The number of aliphatic hydroxyl groups excluding tert-OH is 2. The molecule has 0 radical (unpaired) electrons. The molecule has 0 aromatic heterocycles. The van der Waals surface area contributed by atoms with Gasteiger partial charge >= 0.3 is 11.9 Å². The van der Waals surface area contributed by atoms with E-state index in [-0.39, 0.29) is 37.7 Å². The van der Waals surface area contributed by atoms with E-state index in [4.69, 9.17) is 9.47 Å². The van der Waals surface area contributed by atoms with Crippen LogP contribution >= 0.6 is 0 Å². The molecule has 0 spiro atoms. The van der Waals surface area contributed by atoms with Gasteiger partial charge in [0.15, 0.2) is 6.10 Å². The number of carbonyl (C=O) groups is 2. The number of hydrogen-bond acceptors (Lipinski definition) is 6. The van der Waals surface area contributed by atoms with Gasteiger partial charge in [-0.05, 0) is 44.9 Å². The number of esters is 2. The monoisotopic (exact) mass is 590 g/mol. The summed E-state index contributed by atoms with van der Waals surface area (Å²) in [6, 6.07) is 0. The van der Waals surface area contributed by atoms with Gasteiger partial charge in [-0.1, -0.05) is 133 Å². The SMILES string of the molecule is CCCCCCCCCCCCC(=O)OC[C@H](CO)OC(=O)CCC/C=C\C/C=C\C/C=C\C/C=C\[C@H](O)CCCC. The number of hydrogen-bond donors (Lipinski definition) is 2. The Balaban J connectivity index is 3.76. The van der Waals surface area contributed by atoms with E-state index >= 15 is 0 Å². The maximum atomic E-state index is 12.1. The predicted molar refractivity (Wildman–Crippen MR) is 174 cm³/mol. The van der Waals surface area contributed by atoms with Crippen LogP contribution < -0.4 is 0 Å². The average molecular weight is 591 g/mol. The fourth-order valence-corrected chi connectivity index (χ4v) is 4.33. The highest BCUT2D eigenvalue weighted by Gasteiger charge is 2.15. The Bertz CT molecular complexity index is 739. The maximum Gasteiger partial charge on any atom is 0.306 e. The zero-order valence-corrected chi connectivity index (χ0v) is 26.9. The van der Waals surface area contributed by atoms with E-state index in [9.17, 15) is 19.8 Å². The Morgan fingerprint density at radius 3 is 1.76 bits per heavy atom. The van der Waals surface area contributed by atoms with Crippen LogP contribution in [0, 0.1) is 0 Å². The normalized spacial score (nSPS) is 13.5. The van der Waals surface area contributed by atoms with Gasteiger partial charge in [0.1, 0.15) is 6.61 Å². The zero-order chi connectivity index (χ0) is 30.9. The number of rotatable bonds is 29. The van der Waals surface area contributed by atoms with E-state index < -0.39 is 6.10 Å². The number of carbonyl (C=O) groups excluding carboxylic acids is 2. The quantitative estimate of drug-likeness (QED) is 0.0513. The van der Waals surface area contributed by atoms with Gasteiger partial charge in [-0.3, -0.25) is 9.59 Å². The topological polar surface area (TPSA) is 93.1 Å². The zero-order valence-electron chi connectivity index (χ0n) is 26.9. The summed E-state index contributed by atoms with van der Waals surface area (Å²) in [5, 5.41) is 19.2. The van der Waals surface area contributed by atoms with Crippen molar-refractivity contribution in [3.05, 3.63) is 48.6 Å². The summed E-state index contributed by atoms with van der Waals surface area (Å²) >= 11 is 0. The van der Waals surface area contributed by atoms with Crippen molar-refractivity contribution < 1.29 is 29.3 Å². The fourth-order valence-electron chi connectivity index (χ4n) is 4.33. The Morgan fingerprint density at radius 2 is 1.17 bits per heavy atom. The average Bonchev–Trinajstić information content (AvgIpc) is 2.99. The second kappa shape index (κ2) is 31.7. The molecule has 0 aromatic rings. The molecule has 42 heavy (non-hydrogen) atoms. The van der Waals surface area contributed by atoms with Crippen LogP contribution in [0.15, 0.2) is 48.6 Å². The first kappa shape index (κ1) is 39.8. The lowest BCUT2D eigenvalue weighted by Gasteiger charge is -2.15. The van der Waals surface area contributed by atoms with Crippen molar-refractivity contribution in [3.8, 4) is 0 Å². The molecule has 0 saturated heterocycles. The molecule has 242 valence electrons. The van der Waals surface area contributed by atoms with Crippen molar-refractivity contribution in [1.82, 2.24) is 0 Å². The van der Waals surface area contributed by atoms with E-state index in [2.05, 4.69) is 50.3 Å². The summed E-state index contributed by atoms with van der Waals surface area (Å²) < 4.78 is 10.5. The molecule has 0 aliphatic carbocycles. The molecule has 0 aromatic carbocycles. The summed E-state index contributed by atoms with van der Waals surface area (Å²) in [6.07, 6.45) is 35.0. The number of aliphatic hydroxyl groups is 2. The van der Waals surface area contributed by atoms with Gasteiger partial charge < -0.3 is 19.7 Å². The van der Waals surface area contributed by atoms with Crippen molar-refractivity contribution in [3.63, 3.8) is 0 Å². The Labute approximate surface area is 257 Å². The van der Waals surface area contributed by atoms with Gasteiger partial charge in [0, 0.05) is 12.8 Å². The van der Waals surface area contributed by atoms with Crippen LogP contribution in [-0.2, 0) is 19.1 Å². The first-order valence-corrected chi connectivity index (χ1v) is 16.8. The Hall–Kier alpha value is -2.18. The van der Waals surface area contributed by atoms with Crippen LogP contribution in [0.4, 0.5) is 0 Å². The molecule has 2 atom stereocenters. The van der Waals surface area contributed by atoms with Crippen molar-refractivity contribution in [2.75, 3.05) is 13.2 Å². The third kappa shape index (κ3) is 29.3. The number of unbranched alkanes of at least 4 members (excludes halogenated alkanes) is 11. The minimum atomic E-state index is -0.808. The highest BCUT2D eigenvalue weighted by molar-refractivity contribution is 5.70. The van der Waals surface area contributed by atoms with Gasteiger partial charge in [0.25, 0.3) is 0 Å². The molecule has 0 aliphatic heterocycles. The lowest BCUT2D eigenvalue weighted by molar-refractivity contribution is -0.161. The minimum absolute atomic E-state index is 0.0981. The van der Waals surface area contributed by atoms with Crippen LogP contribution in [0.1, 0.15) is 142 Å². The van der Waals surface area contributed by atoms with Gasteiger partial charge in [-0.15, -0.1) is 0 Å². The van der Waals surface area contributed by atoms with Gasteiger partial charge in [0.2, 0.25) is 0 Å². The molecule has 0 bridgehead atoms. The molecule has 0 fully saturated rings. The molecule has 0 rings (SSSR count). The molecule has 2 N–H and O–H groups in total. The summed E-state index contributed by atoms with van der Waals surface area (Å²) in [6.45, 7) is 3.90. The summed E-state index contributed by atoms with van der Waals surface area (Å²) in [7, 11) is 0. The second-order valence-corrected chi connectivity index (χ2v) is 11.1. The largest absolute Gasteiger partial charge is 0.462 e. The van der Waals surface area contributed by atoms with Crippen molar-refractivity contribution in [2.24, 2.45) is 0 Å². The van der Waals surface area contributed by atoms with Crippen LogP contribution in [0.3, 0.4) is 0 Å². The third-order valence-corrected chi connectivity index (χ3v) is 6.95. The number of allylic oxidation sites excluding steroid dienone is 7. The number of ether oxygens (including phenoxy) is 2. The maximum absolute atomic E-state index is 12.1. The summed E-state index contributed by atoms with van der Waals surface area (Å²) in [5.41, 5.74) is 0. The molecule has 0 unspecified atom stereocenters. The van der Waals surface area contributed by atoms with Crippen molar-refractivity contribution >= 4 is 11.9 Å². The van der Waals surface area contributed by atoms with Crippen LogP contribution in [-0.4, -0.2) is 47.6 Å². The summed E-state index contributed by atoms with van der Waals surface area (Å²) in [4.78, 5) is 24.0. The molecule has 6 nitrogen and oxygen atoms in total. The van der Waals surface area contributed by atoms with Crippen LogP contribution in [0.25, 0.3) is 0 Å². The minimum Gasteiger partial charge on any atom is -0.462 e. The van der Waals surface area contributed by atoms with E-state index in [0.29, 0.717) is 12.8 Å². The lowest BCUT2D eigenvalue weighted by atomic mass is 10.1. The van der Waals surface area contributed by atoms with Crippen molar-refractivity contribution in [2.45, 2.75) is 154 Å². The third-order valence-electron chi connectivity index (χ3n) is 6.95. The van der Waals surface area contributed by atoms with E-state index in [0.717, 1.165) is 64.2 Å². The second-order valence-electron chi connectivity index (χ2n) is 11.1. The fraction of sp³-hybridized carbons (Fsp3) is 0.722. The molecule has 0 aliphatic rings. The van der Waals surface area contributed by atoms with Gasteiger partial charge in [-0.2, -0.15) is 0 Å². The van der Waals surface area contributed by atoms with Gasteiger partial charge in [0.05, 0.1) is 12.7 Å². The van der Waals surface area contributed by atoms with Crippen LogP contribution in [0.5, 0.6) is 0 Å². The smallest absolute Gasteiger partial charge is 0.306 e. The molecular weight excluding hydrogens is 528 g/mol. The van der Waals surface area contributed by atoms with Gasteiger partial charge in [-0.25, -0.2) is 0 Å². The lowest BCUT2D eigenvalue weighted by Crippen LogP contribution is -2.28. The highest BCUT2D eigenvalue weighted by Crippen LogP contribution is 2.12.